The van der Waals surface area contributed by atoms with Gasteiger partial charge in [0.05, 0.1) is 11.6 Å². The van der Waals surface area contributed by atoms with Crippen molar-refractivity contribution in [3.63, 3.8) is 0 Å². The summed E-state index contributed by atoms with van der Waals surface area (Å²) in [7, 11) is 0. The lowest BCUT2D eigenvalue weighted by atomic mass is 10.1. The predicted molar refractivity (Wildman–Crippen MR) is 77.3 cm³/mol. The lowest BCUT2D eigenvalue weighted by Crippen LogP contribution is -2.39. The molecule has 2 amide bonds. The van der Waals surface area contributed by atoms with Gasteiger partial charge in [-0.2, -0.15) is 13.2 Å². The summed E-state index contributed by atoms with van der Waals surface area (Å²) in [4.78, 5) is 11.7. The van der Waals surface area contributed by atoms with Crippen LogP contribution in [0.3, 0.4) is 0 Å². The van der Waals surface area contributed by atoms with Crippen molar-refractivity contribution < 1.29 is 23.1 Å². The van der Waals surface area contributed by atoms with Gasteiger partial charge in [-0.25, -0.2) is 4.79 Å². The first-order valence-corrected chi connectivity index (χ1v) is 7.06. The molecule has 4 nitrogen and oxygen atoms in total. The number of nitrogens with one attached hydrogen (secondary N) is 2. The fourth-order valence-electron chi connectivity index (χ4n) is 1.88. The molecular weight excluding hydrogens is 297 g/mol. The number of hydrogen-bond donors (Lipinski definition) is 3. The van der Waals surface area contributed by atoms with Gasteiger partial charge in [0.2, 0.25) is 0 Å². The Kier molecular flexibility index (Phi) is 6.67. The highest BCUT2D eigenvalue weighted by Gasteiger charge is 2.30. The number of halogens is 3. The van der Waals surface area contributed by atoms with Crippen molar-refractivity contribution in [1.82, 2.24) is 10.6 Å². The maximum atomic E-state index is 12.5. The number of hydrogen-bond acceptors (Lipinski definition) is 2. The molecule has 22 heavy (non-hydrogen) atoms. The van der Waals surface area contributed by atoms with Gasteiger partial charge in [-0.15, -0.1) is 0 Å². The molecule has 2 unspecified atom stereocenters. The van der Waals surface area contributed by atoms with Crippen LogP contribution in [0.15, 0.2) is 24.3 Å². The fraction of sp³-hybridized carbons (Fsp3) is 0.533. The van der Waals surface area contributed by atoms with Gasteiger partial charge in [-0.3, -0.25) is 0 Å². The van der Waals surface area contributed by atoms with E-state index < -0.39 is 23.8 Å². The summed E-state index contributed by atoms with van der Waals surface area (Å²) < 4.78 is 37.4. The zero-order valence-corrected chi connectivity index (χ0v) is 12.6. The van der Waals surface area contributed by atoms with Crippen LogP contribution in [0.25, 0.3) is 0 Å². The van der Waals surface area contributed by atoms with Crippen LogP contribution in [0.5, 0.6) is 0 Å². The average Bonchev–Trinajstić information content (AvgIpc) is 2.44. The first-order valence-electron chi connectivity index (χ1n) is 7.06. The second-order valence-electron chi connectivity index (χ2n) is 5.31. The molecule has 0 saturated carbocycles. The van der Waals surface area contributed by atoms with Gasteiger partial charge in [0.25, 0.3) is 0 Å². The van der Waals surface area contributed by atoms with Crippen LogP contribution >= 0.6 is 0 Å². The topological polar surface area (TPSA) is 61.4 Å². The molecular formula is C15H21F3N2O2. The van der Waals surface area contributed by atoms with Gasteiger partial charge >= 0.3 is 12.2 Å². The lowest BCUT2D eigenvalue weighted by Gasteiger charge is -2.17. The van der Waals surface area contributed by atoms with Gasteiger partial charge < -0.3 is 15.7 Å². The second kappa shape index (κ2) is 8.03. The van der Waals surface area contributed by atoms with Crippen molar-refractivity contribution >= 4 is 6.03 Å². The summed E-state index contributed by atoms with van der Waals surface area (Å²) in [5, 5.41) is 14.1. The summed E-state index contributed by atoms with van der Waals surface area (Å²) in [5.74, 6) is 0.150. The van der Waals surface area contributed by atoms with Crippen molar-refractivity contribution in [2.75, 3.05) is 13.2 Å². The molecule has 2 atom stereocenters. The van der Waals surface area contributed by atoms with Crippen molar-refractivity contribution in [2.24, 2.45) is 5.92 Å². The zero-order chi connectivity index (χ0) is 16.8. The minimum Gasteiger partial charge on any atom is -0.396 e. The maximum Gasteiger partial charge on any atom is 0.416 e. The molecule has 0 aliphatic rings. The van der Waals surface area contributed by atoms with Crippen LogP contribution in [-0.4, -0.2) is 24.3 Å². The molecule has 0 radical (unpaired) electrons. The number of carbonyl (C=O) groups excluding carboxylic acids is 1. The summed E-state index contributed by atoms with van der Waals surface area (Å²) in [6.07, 6.45) is -3.77. The quantitative estimate of drug-likeness (QED) is 0.755. The highest BCUT2D eigenvalue weighted by atomic mass is 19.4. The molecule has 0 aromatic heterocycles. The fourth-order valence-corrected chi connectivity index (χ4v) is 1.88. The Labute approximate surface area is 127 Å². The molecule has 0 heterocycles. The van der Waals surface area contributed by atoms with E-state index in [0.29, 0.717) is 18.5 Å². The molecule has 3 N–H and O–H groups in total. The summed E-state index contributed by atoms with van der Waals surface area (Å²) >= 11 is 0. The van der Waals surface area contributed by atoms with Gasteiger partial charge in [0.1, 0.15) is 0 Å². The zero-order valence-electron chi connectivity index (χ0n) is 12.6. The average molecular weight is 318 g/mol. The van der Waals surface area contributed by atoms with Gasteiger partial charge in [0, 0.05) is 13.2 Å². The third-order valence-corrected chi connectivity index (χ3v) is 3.32. The Bertz CT molecular complexity index is 475. The summed E-state index contributed by atoms with van der Waals surface area (Å²) in [6.45, 7) is 4.08. The number of aliphatic hydroxyl groups excluding tert-OH is 1. The molecule has 0 bridgehead atoms. The molecule has 1 aromatic rings. The molecule has 0 spiro atoms. The summed E-state index contributed by atoms with van der Waals surface area (Å²) in [6, 6.07) is 3.89. The van der Waals surface area contributed by atoms with Crippen LogP contribution in [-0.2, 0) is 6.18 Å². The highest BCUT2D eigenvalue weighted by molar-refractivity contribution is 5.74. The smallest absolute Gasteiger partial charge is 0.396 e. The normalized spacial score (nSPS) is 14.3. The van der Waals surface area contributed by atoms with Gasteiger partial charge in [-0.05, 0) is 37.0 Å². The van der Waals surface area contributed by atoms with Crippen LogP contribution in [0.4, 0.5) is 18.0 Å². The first-order chi connectivity index (χ1) is 10.2. The van der Waals surface area contributed by atoms with Crippen molar-refractivity contribution in [1.29, 1.82) is 0 Å². The van der Waals surface area contributed by atoms with E-state index in [-0.39, 0.29) is 12.5 Å². The van der Waals surface area contributed by atoms with Gasteiger partial charge in [0.15, 0.2) is 0 Å². The van der Waals surface area contributed by atoms with E-state index in [1.54, 1.807) is 6.92 Å². The Morgan fingerprint density at radius 3 is 2.32 bits per heavy atom. The van der Waals surface area contributed by atoms with E-state index >= 15 is 0 Å². The third-order valence-electron chi connectivity index (χ3n) is 3.32. The van der Waals surface area contributed by atoms with Crippen LogP contribution in [0.1, 0.15) is 37.4 Å². The van der Waals surface area contributed by atoms with E-state index in [0.717, 1.165) is 12.1 Å². The molecule has 124 valence electrons. The number of amides is 2. The summed E-state index contributed by atoms with van der Waals surface area (Å²) in [5.41, 5.74) is -0.128. The number of rotatable bonds is 6. The second-order valence-corrected chi connectivity index (χ2v) is 5.31. The highest BCUT2D eigenvalue weighted by Crippen LogP contribution is 2.29. The number of alkyl halides is 3. The minimum absolute atomic E-state index is 0.0619. The Morgan fingerprint density at radius 2 is 1.82 bits per heavy atom. The van der Waals surface area contributed by atoms with E-state index in [4.69, 9.17) is 5.11 Å². The van der Waals surface area contributed by atoms with Crippen molar-refractivity contribution in [2.45, 2.75) is 32.5 Å². The molecule has 0 saturated heterocycles. The molecule has 1 aromatic carbocycles. The van der Waals surface area contributed by atoms with Crippen molar-refractivity contribution in [3.05, 3.63) is 35.4 Å². The predicted octanol–water partition coefficient (Wildman–Crippen LogP) is 3.08. The van der Waals surface area contributed by atoms with Crippen LogP contribution in [0, 0.1) is 5.92 Å². The maximum absolute atomic E-state index is 12.5. The third kappa shape index (κ3) is 5.93. The van der Waals surface area contributed by atoms with Crippen LogP contribution < -0.4 is 10.6 Å². The lowest BCUT2D eigenvalue weighted by molar-refractivity contribution is -0.137. The molecule has 0 aliphatic carbocycles. The number of aliphatic hydroxyl groups is 1. The Morgan fingerprint density at radius 1 is 1.23 bits per heavy atom. The molecule has 0 aliphatic heterocycles. The van der Waals surface area contributed by atoms with Gasteiger partial charge in [-0.1, -0.05) is 19.1 Å². The first kappa shape index (κ1) is 18.3. The van der Waals surface area contributed by atoms with E-state index in [9.17, 15) is 18.0 Å². The Balaban J connectivity index is 2.51. The molecule has 0 fully saturated rings. The molecule has 7 heteroatoms. The Hall–Kier alpha value is -1.76. The van der Waals surface area contributed by atoms with Crippen LogP contribution in [0.2, 0.25) is 0 Å². The van der Waals surface area contributed by atoms with E-state index in [1.807, 2.05) is 6.92 Å². The number of benzene rings is 1. The molecule has 1 rings (SSSR count). The van der Waals surface area contributed by atoms with E-state index in [1.165, 1.54) is 12.1 Å². The monoisotopic (exact) mass is 318 g/mol. The van der Waals surface area contributed by atoms with E-state index in [2.05, 4.69) is 10.6 Å². The SMILES string of the molecule is CC(CCO)CNC(=O)NC(C)c1ccc(C(F)(F)F)cc1. The number of urea groups is 1. The minimum atomic E-state index is -4.37. The van der Waals surface area contributed by atoms with Crippen molar-refractivity contribution in [3.8, 4) is 0 Å². The largest absolute Gasteiger partial charge is 0.416 e. The number of carbonyl (C=O) groups is 1. The standard InChI is InChI=1S/C15H21F3N2O2/c1-10(7-8-21)9-19-14(22)20-11(2)12-3-5-13(6-4-12)15(16,17)18/h3-6,10-11,21H,7-9H2,1-2H3,(H2,19,20,22).